The zero-order valence-electron chi connectivity index (χ0n) is 13.7. The number of hydrogen-bond acceptors (Lipinski definition) is 9. The number of aliphatic hydroxyl groups excluding tert-OH is 3. The molecule has 0 spiro atoms. The first kappa shape index (κ1) is 21.1. The molecule has 144 valence electrons. The van der Waals surface area contributed by atoms with Gasteiger partial charge in [-0.1, -0.05) is 0 Å². The fourth-order valence-electron chi connectivity index (χ4n) is 2.51. The molecule has 1 fully saturated rings. The van der Waals surface area contributed by atoms with Gasteiger partial charge in [-0.25, -0.2) is 9.59 Å². The molecule has 1 aliphatic heterocycles. The van der Waals surface area contributed by atoms with Gasteiger partial charge < -0.3 is 46.3 Å². The summed E-state index contributed by atoms with van der Waals surface area (Å²) in [6.07, 6.45) is -7.18. The molecule has 1 aliphatic rings. The van der Waals surface area contributed by atoms with Crippen LogP contribution in [0.3, 0.4) is 0 Å². The molecule has 0 aromatic heterocycles. The number of nitrogens with one attached hydrogen (secondary N) is 2. The lowest BCUT2D eigenvalue weighted by Gasteiger charge is -2.45. The summed E-state index contributed by atoms with van der Waals surface area (Å²) >= 11 is 0. The minimum atomic E-state index is -2.59. The molecular formula is C13H23N3O9. The van der Waals surface area contributed by atoms with Crippen LogP contribution in [-0.4, -0.2) is 88.2 Å². The summed E-state index contributed by atoms with van der Waals surface area (Å²) in [5.41, 5.74) is 4.86. The molecule has 1 saturated heterocycles. The van der Waals surface area contributed by atoms with Crippen LogP contribution >= 0.6 is 0 Å². The number of rotatable bonds is 6. The maximum absolute atomic E-state index is 11.7. The quantitative estimate of drug-likeness (QED) is 0.228. The Hall–Kier alpha value is -1.99. The molecule has 0 aliphatic carbocycles. The van der Waals surface area contributed by atoms with Crippen LogP contribution in [-0.2, 0) is 19.1 Å². The molecule has 3 amide bonds. The van der Waals surface area contributed by atoms with Gasteiger partial charge in [-0.15, -0.1) is 0 Å². The number of ether oxygens (including phenoxy) is 2. The second kappa shape index (κ2) is 8.40. The molecule has 0 radical (unpaired) electrons. The average molecular weight is 365 g/mol. The van der Waals surface area contributed by atoms with E-state index in [9.17, 15) is 34.8 Å². The molecule has 25 heavy (non-hydrogen) atoms. The summed E-state index contributed by atoms with van der Waals surface area (Å²) in [6.45, 7) is 0.665. The van der Waals surface area contributed by atoms with Crippen LogP contribution in [0, 0.1) is 0 Å². The van der Waals surface area contributed by atoms with E-state index in [2.05, 4.69) is 15.4 Å². The molecule has 0 bridgehead atoms. The third-order valence-electron chi connectivity index (χ3n) is 3.68. The maximum atomic E-state index is 11.7. The van der Waals surface area contributed by atoms with Gasteiger partial charge in [-0.05, 0) is 0 Å². The van der Waals surface area contributed by atoms with Gasteiger partial charge in [0.1, 0.15) is 12.2 Å². The van der Waals surface area contributed by atoms with E-state index < -0.39 is 67.1 Å². The summed E-state index contributed by atoms with van der Waals surface area (Å²) in [6, 6.07) is -2.21. The van der Waals surface area contributed by atoms with Crippen LogP contribution in [0.2, 0.25) is 0 Å². The predicted octanol–water partition coefficient (Wildman–Crippen LogP) is -4.11. The third kappa shape index (κ3) is 5.24. The lowest BCUT2D eigenvalue weighted by atomic mass is 9.88. The normalized spacial score (nSPS) is 31.5. The number of aliphatic hydroxyl groups is 4. The number of nitrogens with two attached hydrogens (primary N) is 1. The summed E-state index contributed by atoms with van der Waals surface area (Å²) in [5, 5.41) is 45.0. The van der Waals surface area contributed by atoms with E-state index in [1.807, 2.05) is 0 Å². The van der Waals surface area contributed by atoms with E-state index in [1.165, 1.54) is 0 Å². The van der Waals surface area contributed by atoms with Crippen LogP contribution in [0.4, 0.5) is 4.79 Å². The highest BCUT2D eigenvalue weighted by molar-refractivity contribution is 5.78. The van der Waals surface area contributed by atoms with Crippen molar-refractivity contribution in [1.29, 1.82) is 0 Å². The van der Waals surface area contributed by atoms with Gasteiger partial charge >= 0.3 is 12.0 Å². The number of carbonyl (C=O) groups excluding carboxylic acids is 3. The van der Waals surface area contributed by atoms with Gasteiger partial charge in [0.2, 0.25) is 5.91 Å². The number of methoxy groups -OCH3 is 1. The van der Waals surface area contributed by atoms with E-state index in [0.717, 1.165) is 14.0 Å². The van der Waals surface area contributed by atoms with E-state index in [-0.39, 0.29) is 0 Å². The zero-order valence-corrected chi connectivity index (χ0v) is 13.7. The molecule has 1 heterocycles. The molecule has 8 N–H and O–H groups in total. The Balaban J connectivity index is 3.05. The standard InChI is InChI=1S/C13H23N3O9/c1-5(17)16-8-6(18)3-13(23,11(21)24-2)25-10(8)9(20)7(19)4-15-12(14)22/h6-10,18-20,23H,3-4H2,1-2H3,(H,16,17)(H3,14,15,22)/t6-,7+,8+,9+,10?,13-/m0/s1. The molecule has 1 unspecified atom stereocenters. The first-order valence-corrected chi connectivity index (χ1v) is 7.35. The van der Waals surface area contributed by atoms with Gasteiger partial charge in [0, 0.05) is 19.9 Å². The monoisotopic (exact) mass is 365 g/mol. The Kier molecular flexibility index (Phi) is 7.07. The van der Waals surface area contributed by atoms with Crippen LogP contribution < -0.4 is 16.4 Å². The fraction of sp³-hybridized carbons (Fsp3) is 0.769. The topological polar surface area (TPSA) is 201 Å². The van der Waals surface area contributed by atoms with E-state index in [1.54, 1.807) is 0 Å². The Bertz CT molecular complexity index is 517. The predicted molar refractivity (Wildman–Crippen MR) is 79.7 cm³/mol. The Morgan fingerprint density at radius 1 is 1.40 bits per heavy atom. The minimum Gasteiger partial charge on any atom is -0.465 e. The van der Waals surface area contributed by atoms with Crippen molar-refractivity contribution < 1.29 is 44.3 Å². The second-order valence-corrected chi connectivity index (χ2v) is 5.66. The molecule has 0 saturated carbocycles. The second-order valence-electron chi connectivity index (χ2n) is 5.66. The van der Waals surface area contributed by atoms with Gasteiger partial charge in [0.05, 0.1) is 25.4 Å². The molecule has 12 nitrogen and oxygen atoms in total. The number of hydrogen-bond donors (Lipinski definition) is 7. The average Bonchev–Trinajstić information content (AvgIpc) is 2.53. The Labute approximate surface area is 142 Å². The number of primary amides is 1. The largest absolute Gasteiger partial charge is 0.465 e. The SMILES string of the molecule is COC(=O)[C@]1(O)C[C@H](O)[C@@H](NC(C)=O)C([C@H](O)[C@H](O)CNC(N)=O)O1. The summed E-state index contributed by atoms with van der Waals surface area (Å²) in [7, 11) is 0.979. The van der Waals surface area contributed by atoms with Gasteiger partial charge in [0.25, 0.3) is 5.79 Å². The first-order valence-electron chi connectivity index (χ1n) is 7.35. The summed E-state index contributed by atoms with van der Waals surface area (Å²) in [4.78, 5) is 33.7. The molecule has 1 rings (SSSR count). The highest BCUT2D eigenvalue weighted by Gasteiger charge is 2.54. The maximum Gasteiger partial charge on any atom is 0.366 e. The third-order valence-corrected chi connectivity index (χ3v) is 3.68. The van der Waals surface area contributed by atoms with Crippen molar-refractivity contribution in [2.75, 3.05) is 13.7 Å². The van der Waals surface area contributed by atoms with Gasteiger partial charge in [-0.3, -0.25) is 4.79 Å². The highest BCUT2D eigenvalue weighted by Crippen LogP contribution is 2.31. The zero-order chi connectivity index (χ0) is 19.4. The molecular weight excluding hydrogens is 342 g/mol. The minimum absolute atomic E-state index is 0.476. The number of urea groups is 1. The van der Waals surface area contributed by atoms with Gasteiger partial charge in [0.15, 0.2) is 0 Å². The van der Waals surface area contributed by atoms with Crippen LogP contribution in [0.1, 0.15) is 13.3 Å². The van der Waals surface area contributed by atoms with E-state index >= 15 is 0 Å². The number of esters is 1. The van der Waals surface area contributed by atoms with Crippen LogP contribution in [0.25, 0.3) is 0 Å². The summed E-state index contributed by atoms with van der Waals surface area (Å²) in [5.74, 6) is -4.40. The Morgan fingerprint density at radius 3 is 2.48 bits per heavy atom. The van der Waals surface area contributed by atoms with E-state index in [4.69, 9.17) is 10.5 Å². The van der Waals surface area contributed by atoms with Crippen molar-refractivity contribution in [2.45, 2.75) is 49.6 Å². The number of amides is 3. The molecule has 12 heteroatoms. The van der Waals surface area contributed by atoms with Crippen molar-refractivity contribution in [1.82, 2.24) is 10.6 Å². The molecule has 0 aromatic carbocycles. The van der Waals surface area contributed by atoms with Crippen molar-refractivity contribution in [2.24, 2.45) is 5.73 Å². The van der Waals surface area contributed by atoms with Crippen LogP contribution in [0.5, 0.6) is 0 Å². The lowest BCUT2D eigenvalue weighted by molar-refractivity contribution is -0.295. The molecule has 0 aromatic rings. The van der Waals surface area contributed by atoms with Crippen LogP contribution in [0.15, 0.2) is 0 Å². The highest BCUT2D eigenvalue weighted by atomic mass is 16.7. The van der Waals surface area contributed by atoms with Crippen molar-refractivity contribution in [3.63, 3.8) is 0 Å². The van der Waals surface area contributed by atoms with Gasteiger partial charge in [-0.2, -0.15) is 0 Å². The fourth-order valence-corrected chi connectivity index (χ4v) is 2.51. The van der Waals surface area contributed by atoms with E-state index in [0.29, 0.717) is 0 Å². The lowest BCUT2D eigenvalue weighted by Crippen LogP contribution is -2.67. The summed E-state index contributed by atoms with van der Waals surface area (Å²) < 4.78 is 9.55. The number of carbonyl (C=O) groups is 3. The van der Waals surface area contributed by atoms with Crippen molar-refractivity contribution in [3.8, 4) is 0 Å². The van der Waals surface area contributed by atoms with Crippen molar-refractivity contribution >= 4 is 17.9 Å². The molecule has 6 atom stereocenters. The first-order chi connectivity index (χ1) is 11.5. The van der Waals surface area contributed by atoms with Crippen molar-refractivity contribution in [3.05, 3.63) is 0 Å². The Morgan fingerprint density at radius 2 is 2.00 bits per heavy atom. The smallest absolute Gasteiger partial charge is 0.366 e.